The number of rotatable bonds is 4. The molecule has 28 heavy (non-hydrogen) atoms. The van der Waals surface area contributed by atoms with Crippen molar-refractivity contribution < 1.29 is 9.05 Å². The van der Waals surface area contributed by atoms with Gasteiger partial charge in [-0.15, -0.1) is 0 Å². The number of hydrogen-bond acceptors (Lipinski definition) is 2. The lowest BCUT2D eigenvalue weighted by Crippen LogP contribution is -2.35. The Labute approximate surface area is 169 Å². The standard InChI is InChI=1S/C18H38N4O2P2S2/c1-27(2,3,4)25(19,20)23-16-13-12-15-10-9-11-18(17(15)14-16)24-26(21,22)28(5,6,7)8/h9-14H,19-22H2,1-8H3. The molecule has 0 atom stereocenters. The first-order valence-corrected chi connectivity index (χ1v) is 20.9. The second-order valence-corrected chi connectivity index (χ2v) is 38.3. The van der Waals surface area contributed by atoms with Crippen LogP contribution in [0, 0.1) is 0 Å². The van der Waals surface area contributed by atoms with Gasteiger partial charge >= 0.3 is 0 Å². The van der Waals surface area contributed by atoms with Crippen molar-refractivity contribution in [3.63, 3.8) is 0 Å². The van der Waals surface area contributed by atoms with Gasteiger partial charge in [0.1, 0.15) is 11.5 Å². The molecule has 0 saturated heterocycles. The quantitative estimate of drug-likeness (QED) is 0.511. The van der Waals surface area contributed by atoms with Gasteiger partial charge in [-0.2, -0.15) is 0 Å². The minimum atomic E-state index is -2.63. The molecule has 0 saturated carbocycles. The Bertz CT molecular complexity index is 1100. The molecule has 0 aliphatic carbocycles. The smallest absolute Gasteiger partial charge is 0.187 e. The SMILES string of the molecule is CS(C)(C)(C)=P(N)(N)Oc1ccc2cccc(OP(N)(N)=S(C)(C)(C)C)c2c1. The number of benzene rings is 2. The summed E-state index contributed by atoms with van der Waals surface area (Å²) in [5, 5.41) is 1.89. The maximum absolute atomic E-state index is 6.52. The lowest BCUT2D eigenvalue weighted by Gasteiger charge is -2.41. The molecule has 0 bridgehead atoms. The van der Waals surface area contributed by atoms with Gasteiger partial charge in [0, 0.05) is 5.39 Å². The molecule has 0 fully saturated rings. The summed E-state index contributed by atoms with van der Waals surface area (Å²) in [6, 6.07) is 11.6. The number of fused-ring (bicyclic) bond motifs is 1. The molecular weight excluding hydrogens is 430 g/mol. The average molecular weight is 469 g/mol. The molecule has 0 heterocycles. The van der Waals surface area contributed by atoms with Crippen LogP contribution in [0.15, 0.2) is 36.4 Å². The predicted molar refractivity (Wildman–Crippen MR) is 138 cm³/mol. The summed E-state index contributed by atoms with van der Waals surface area (Å²) in [7, 11) is -4.12. The van der Waals surface area contributed by atoms with Crippen LogP contribution in [-0.4, -0.2) is 50.0 Å². The van der Waals surface area contributed by atoms with Crippen molar-refractivity contribution in [3.8, 4) is 11.5 Å². The lowest BCUT2D eigenvalue weighted by molar-refractivity contribution is 0.608. The van der Waals surface area contributed by atoms with Gasteiger partial charge in [-0.25, -0.2) is 16.7 Å². The number of nitrogens with two attached hydrogens (primary N) is 4. The van der Waals surface area contributed by atoms with E-state index in [1.807, 2.05) is 36.4 Å². The van der Waals surface area contributed by atoms with Gasteiger partial charge in [-0.05, 0) is 73.6 Å². The summed E-state index contributed by atoms with van der Waals surface area (Å²) in [5.74, 6) is 1.29. The van der Waals surface area contributed by atoms with E-state index in [-0.39, 0.29) is 0 Å². The molecule has 0 aromatic heterocycles. The summed E-state index contributed by atoms with van der Waals surface area (Å²) in [6.45, 7) is -5.23. The van der Waals surface area contributed by atoms with Gasteiger partial charge in [-0.1, -0.05) is 18.2 Å². The third-order valence-corrected chi connectivity index (χ3v) is 24.3. The second-order valence-electron chi connectivity index (χ2n) is 10.5. The van der Waals surface area contributed by atoms with Gasteiger partial charge in [0.05, 0.1) is 0 Å². The van der Waals surface area contributed by atoms with Crippen molar-refractivity contribution in [2.24, 2.45) is 22.0 Å². The van der Waals surface area contributed by atoms with Gasteiger partial charge in [-0.3, -0.25) is 22.0 Å². The van der Waals surface area contributed by atoms with E-state index in [0.717, 1.165) is 10.8 Å². The third-order valence-electron chi connectivity index (χ3n) is 4.59. The first-order valence-electron chi connectivity index (χ1n) is 8.67. The molecule has 8 N–H and O–H groups in total. The van der Waals surface area contributed by atoms with Crippen molar-refractivity contribution in [1.82, 2.24) is 0 Å². The molecule has 6 nitrogen and oxygen atoms in total. The Morgan fingerprint density at radius 2 is 1.18 bits per heavy atom. The van der Waals surface area contributed by atoms with Crippen LogP contribution in [0.4, 0.5) is 0 Å². The zero-order chi connectivity index (χ0) is 21.9. The van der Waals surface area contributed by atoms with Crippen LogP contribution >= 0.6 is 13.1 Å². The molecule has 2 aromatic rings. The van der Waals surface area contributed by atoms with Crippen LogP contribution in [-0.2, 0) is 16.7 Å². The van der Waals surface area contributed by atoms with Crippen LogP contribution in [0.2, 0.25) is 0 Å². The Balaban J connectivity index is 2.68. The topological polar surface area (TPSA) is 123 Å². The van der Waals surface area contributed by atoms with Crippen LogP contribution in [0.5, 0.6) is 11.5 Å². The van der Waals surface area contributed by atoms with E-state index in [0.29, 0.717) is 11.5 Å². The molecule has 10 heteroatoms. The van der Waals surface area contributed by atoms with Crippen LogP contribution in [0.3, 0.4) is 0 Å². The van der Waals surface area contributed by atoms with E-state index in [1.54, 1.807) is 0 Å². The Kier molecular flexibility index (Phi) is 5.65. The molecular formula is C18H38N4O2P2S2. The first kappa shape index (κ1) is 24.0. The summed E-state index contributed by atoms with van der Waals surface area (Å²) >= 11 is 0. The summed E-state index contributed by atoms with van der Waals surface area (Å²) in [5.41, 5.74) is 26.0. The number of hydrogen-bond donors (Lipinski definition) is 4. The maximum Gasteiger partial charge on any atom is 0.187 e. The summed E-state index contributed by atoms with van der Waals surface area (Å²) < 4.78 is 12.4. The van der Waals surface area contributed by atoms with Crippen molar-refractivity contribution in [1.29, 1.82) is 0 Å². The highest BCUT2D eigenvalue weighted by Gasteiger charge is 2.27. The summed E-state index contributed by atoms with van der Waals surface area (Å²) in [4.78, 5) is 0. The van der Waals surface area contributed by atoms with Gasteiger partial charge in [0.25, 0.3) is 0 Å². The highest BCUT2D eigenvalue weighted by molar-refractivity contribution is 8.51. The van der Waals surface area contributed by atoms with E-state index in [9.17, 15) is 0 Å². The Hall–Kier alpha value is -0.300. The van der Waals surface area contributed by atoms with Gasteiger partial charge in [0.15, 0.2) is 13.1 Å². The predicted octanol–water partition coefficient (Wildman–Crippen LogP) is 3.21. The van der Waals surface area contributed by atoms with E-state index >= 15 is 0 Å². The molecule has 0 aliphatic heterocycles. The van der Waals surface area contributed by atoms with Gasteiger partial charge in [0.2, 0.25) is 0 Å². The minimum absolute atomic E-state index is 0.631. The average Bonchev–Trinajstić information content (AvgIpc) is 2.43. The molecule has 0 amide bonds. The highest BCUT2D eigenvalue weighted by Crippen LogP contribution is 2.50. The monoisotopic (exact) mass is 468 g/mol. The first-order chi connectivity index (χ1) is 12.2. The van der Waals surface area contributed by atoms with E-state index in [4.69, 9.17) is 31.1 Å². The normalized spacial score (nSPS) is 16.7. The zero-order valence-corrected chi connectivity index (χ0v) is 21.7. The van der Waals surface area contributed by atoms with Crippen molar-refractivity contribution >= 4 is 40.6 Å². The van der Waals surface area contributed by atoms with Crippen LogP contribution in [0.1, 0.15) is 0 Å². The fourth-order valence-electron chi connectivity index (χ4n) is 1.98. The van der Waals surface area contributed by atoms with E-state index < -0.39 is 29.8 Å². The maximum atomic E-state index is 6.52. The molecule has 0 spiro atoms. The van der Waals surface area contributed by atoms with Crippen molar-refractivity contribution in [2.75, 3.05) is 50.0 Å². The van der Waals surface area contributed by atoms with Crippen LogP contribution in [0.25, 0.3) is 10.8 Å². The molecule has 2 rings (SSSR count). The largest absolute Gasteiger partial charge is 0.447 e. The van der Waals surface area contributed by atoms with E-state index in [1.165, 1.54) is 0 Å². The molecule has 164 valence electrons. The molecule has 0 aliphatic rings. The third kappa shape index (κ3) is 4.88. The van der Waals surface area contributed by atoms with Crippen molar-refractivity contribution in [2.45, 2.75) is 0 Å². The lowest BCUT2D eigenvalue weighted by atomic mass is 10.1. The van der Waals surface area contributed by atoms with E-state index in [2.05, 4.69) is 50.0 Å². The molecule has 0 unspecified atom stereocenters. The Morgan fingerprint density at radius 1 is 0.679 bits per heavy atom. The highest BCUT2D eigenvalue weighted by atomic mass is 32.6. The van der Waals surface area contributed by atoms with Gasteiger partial charge < -0.3 is 9.05 Å². The zero-order valence-electron chi connectivity index (χ0n) is 18.3. The van der Waals surface area contributed by atoms with Crippen LogP contribution < -0.4 is 31.1 Å². The van der Waals surface area contributed by atoms with Crippen molar-refractivity contribution in [3.05, 3.63) is 36.4 Å². The fourth-order valence-corrected chi connectivity index (χ4v) is 5.77. The Morgan fingerprint density at radius 3 is 1.68 bits per heavy atom. The summed E-state index contributed by atoms with van der Waals surface area (Å²) in [6.07, 6.45) is 16.9. The minimum Gasteiger partial charge on any atom is -0.447 e. The second kappa shape index (κ2) is 6.60. The molecule has 0 radical (unpaired) electrons. The molecule has 2 aromatic carbocycles. The fraction of sp³-hybridized carbons (Fsp3) is 0.444.